The van der Waals surface area contributed by atoms with Crippen LogP contribution in [-0.4, -0.2) is 0 Å². The van der Waals surface area contributed by atoms with Crippen LogP contribution in [0.1, 0.15) is 12.5 Å². The van der Waals surface area contributed by atoms with E-state index < -0.39 is 20.8 Å². The average Bonchev–Trinajstić information content (AvgIpc) is 2.92. The zero-order chi connectivity index (χ0) is 16.1. The van der Waals surface area contributed by atoms with E-state index in [1.807, 2.05) is 18.2 Å². The fourth-order valence-corrected chi connectivity index (χ4v) is 3.08. The molecular weight excluding hydrogens is 437 g/mol. The van der Waals surface area contributed by atoms with E-state index in [0.717, 1.165) is 17.5 Å². The van der Waals surface area contributed by atoms with Crippen LogP contribution in [0, 0.1) is 0 Å². The summed E-state index contributed by atoms with van der Waals surface area (Å²) in [5.41, 5.74) is 3.36. The van der Waals surface area contributed by atoms with Crippen molar-refractivity contribution < 1.29 is 20.8 Å². The van der Waals surface area contributed by atoms with Gasteiger partial charge in [-0.15, -0.1) is 34.5 Å². The zero-order valence-corrected chi connectivity index (χ0v) is 17.3. The predicted molar refractivity (Wildman–Crippen MR) is 96.1 cm³/mol. The average molecular weight is 450 g/mol. The second-order valence-electron chi connectivity index (χ2n) is 4.69. The van der Waals surface area contributed by atoms with Crippen LogP contribution in [-0.2, 0) is 27.3 Å². The van der Waals surface area contributed by atoms with Gasteiger partial charge < -0.3 is 0 Å². The molecule has 0 aromatic heterocycles. The Morgan fingerprint density at radius 3 is 2.18 bits per heavy atom. The Balaban J connectivity index is 0.000000545. The minimum atomic E-state index is -0.826. The van der Waals surface area contributed by atoms with Crippen molar-refractivity contribution >= 4 is 51.0 Å². The fourth-order valence-electron chi connectivity index (χ4n) is 2.47. The molecule has 0 radical (unpaired) electrons. The van der Waals surface area contributed by atoms with Crippen LogP contribution in [0.5, 0.6) is 0 Å². The molecule has 3 rings (SSSR count). The molecular formula is C17H13Cl4Zr-. The van der Waals surface area contributed by atoms with Gasteiger partial charge in [0.1, 0.15) is 0 Å². The van der Waals surface area contributed by atoms with Crippen molar-refractivity contribution in [2.45, 2.75) is 13.3 Å². The summed E-state index contributed by atoms with van der Waals surface area (Å²) in [7, 11) is 9.87. The van der Waals surface area contributed by atoms with Crippen molar-refractivity contribution in [3.05, 3.63) is 64.1 Å². The van der Waals surface area contributed by atoms with Gasteiger partial charge in [-0.3, -0.25) is 0 Å². The van der Waals surface area contributed by atoms with E-state index in [9.17, 15) is 0 Å². The van der Waals surface area contributed by atoms with Crippen LogP contribution in [0.3, 0.4) is 0 Å². The maximum absolute atomic E-state index is 6.32. The summed E-state index contributed by atoms with van der Waals surface area (Å²) in [6, 6.07) is 16.3. The molecule has 22 heavy (non-hydrogen) atoms. The molecule has 0 saturated carbocycles. The first-order valence-corrected chi connectivity index (χ1v) is 13.8. The third-order valence-corrected chi connectivity index (χ3v) is 4.08. The van der Waals surface area contributed by atoms with E-state index in [-0.39, 0.29) is 0 Å². The third kappa shape index (κ3) is 4.13. The number of hydrogen-bond donors (Lipinski definition) is 0. The number of benzene rings is 2. The molecule has 0 spiro atoms. The Morgan fingerprint density at radius 1 is 1.00 bits per heavy atom. The first-order chi connectivity index (χ1) is 10.6. The van der Waals surface area contributed by atoms with Crippen LogP contribution >= 0.6 is 40.2 Å². The maximum atomic E-state index is 6.32. The summed E-state index contributed by atoms with van der Waals surface area (Å²) in [5.74, 6) is 0. The first kappa shape index (κ1) is 18.4. The van der Waals surface area contributed by atoms with Crippen molar-refractivity contribution in [2.24, 2.45) is 0 Å². The van der Waals surface area contributed by atoms with Gasteiger partial charge in [-0.2, -0.15) is 6.07 Å². The molecule has 0 unspecified atom stereocenters. The normalized spacial score (nSPS) is 10.2. The van der Waals surface area contributed by atoms with Crippen molar-refractivity contribution in [2.75, 3.05) is 0 Å². The van der Waals surface area contributed by atoms with Gasteiger partial charge in [-0.05, 0) is 18.6 Å². The van der Waals surface area contributed by atoms with Gasteiger partial charge in [0.25, 0.3) is 0 Å². The van der Waals surface area contributed by atoms with Crippen molar-refractivity contribution in [3.63, 3.8) is 0 Å². The summed E-state index contributed by atoms with van der Waals surface area (Å²) in [4.78, 5) is 0. The molecule has 0 bridgehead atoms. The quantitative estimate of drug-likeness (QED) is 0.355. The molecule has 0 aliphatic rings. The van der Waals surface area contributed by atoms with Crippen LogP contribution in [0.15, 0.2) is 48.5 Å². The van der Waals surface area contributed by atoms with Crippen LogP contribution < -0.4 is 0 Å². The Hall–Kier alpha value is 0.0931. The summed E-state index contributed by atoms with van der Waals surface area (Å²) in [6.07, 6.45) is 1.03. The van der Waals surface area contributed by atoms with Gasteiger partial charge in [0.15, 0.2) is 0 Å². The van der Waals surface area contributed by atoms with Gasteiger partial charge in [-0.25, -0.2) is 0 Å². The molecule has 0 aliphatic heterocycles. The van der Waals surface area contributed by atoms with E-state index in [4.69, 9.17) is 40.2 Å². The monoisotopic (exact) mass is 447 g/mol. The predicted octanol–water partition coefficient (Wildman–Crippen LogP) is 7.47. The topological polar surface area (TPSA) is 0 Å². The minimum absolute atomic E-state index is 0.694. The number of hydrogen-bond acceptors (Lipinski definition) is 0. The van der Waals surface area contributed by atoms with E-state index >= 15 is 0 Å². The number of aryl methyl sites for hydroxylation is 1. The van der Waals surface area contributed by atoms with E-state index in [1.54, 1.807) is 0 Å². The summed E-state index contributed by atoms with van der Waals surface area (Å²) in [5, 5.41) is 3.85. The van der Waals surface area contributed by atoms with Gasteiger partial charge in [0.05, 0.1) is 0 Å². The summed E-state index contributed by atoms with van der Waals surface area (Å²) < 4.78 is 0. The van der Waals surface area contributed by atoms with Gasteiger partial charge in [0, 0.05) is 15.6 Å². The molecule has 0 amide bonds. The molecule has 0 nitrogen and oxygen atoms in total. The fraction of sp³-hybridized carbons (Fsp3) is 0.118. The van der Waals surface area contributed by atoms with E-state index in [2.05, 4.69) is 37.3 Å². The Bertz CT molecular complexity index is 744. The molecule has 0 heterocycles. The second-order valence-corrected chi connectivity index (χ2v) is 9.24. The summed E-state index contributed by atoms with van der Waals surface area (Å²) >= 11 is 11.8. The second kappa shape index (κ2) is 8.81. The van der Waals surface area contributed by atoms with Crippen molar-refractivity contribution in [3.8, 4) is 11.1 Å². The number of halogens is 4. The Morgan fingerprint density at radius 2 is 1.59 bits per heavy atom. The standard InChI is InChI=1S/C17H13Cl2.2ClH.Zr/c1-2-11-9-12-5-3-6-13(14(12)10-11)17-15(18)7-4-8-16(17)19;;;/h3-10H,2H2,1H3;2*1H;/q-1;;;+2/p-2. The van der Waals surface area contributed by atoms with Gasteiger partial charge in [-0.1, -0.05) is 47.8 Å². The molecule has 0 N–H and O–H groups in total. The van der Waals surface area contributed by atoms with Crippen molar-refractivity contribution in [1.29, 1.82) is 0 Å². The number of rotatable bonds is 2. The Labute approximate surface area is 159 Å². The van der Waals surface area contributed by atoms with Crippen LogP contribution in [0.2, 0.25) is 10.0 Å². The zero-order valence-electron chi connectivity index (χ0n) is 11.8. The molecule has 5 heteroatoms. The molecule has 3 aromatic carbocycles. The molecule has 0 aliphatic carbocycles. The summed E-state index contributed by atoms with van der Waals surface area (Å²) in [6.45, 7) is 2.16. The third-order valence-electron chi connectivity index (χ3n) is 3.45. The molecule has 0 atom stereocenters. The molecule has 114 valence electrons. The van der Waals surface area contributed by atoms with Crippen molar-refractivity contribution in [1.82, 2.24) is 0 Å². The Kier molecular flexibility index (Phi) is 7.38. The van der Waals surface area contributed by atoms with Crippen LogP contribution in [0.4, 0.5) is 0 Å². The molecule has 0 fully saturated rings. The SMILES string of the molecule is CCc1cc2c(-c3c(Cl)cccc3Cl)cccc2[cH-]1.[Cl][Zr][Cl]. The first-order valence-electron chi connectivity index (χ1n) is 6.71. The van der Waals surface area contributed by atoms with Gasteiger partial charge in [0.2, 0.25) is 0 Å². The van der Waals surface area contributed by atoms with E-state index in [0.29, 0.717) is 10.0 Å². The van der Waals surface area contributed by atoms with E-state index in [1.165, 1.54) is 16.3 Å². The molecule has 0 saturated heterocycles. The molecule has 3 aromatic rings. The van der Waals surface area contributed by atoms with Crippen LogP contribution in [0.25, 0.3) is 21.9 Å². The number of fused-ring (bicyclic) bond motifs is 1. The van der Waals surface area contributed by atoms with Gasteiger partial charge >= 0.3 is 37.9 Å².